The zero-order chi connectivity index (χ0) is 27.8. The molecule has 1 heterocycles. The van der Waals surface area contributed by atoms with Crippen LogP contribution in [-0.2, 0) is 11.3 Å². The normalized spacial score (nSPS) is 13.3. The van der Waals surface area contributed by atoms with Gasteiger partial charge in [-0.2, -0.15) is 4.98 Å². The van der Waals surface area contributed by atoms with Crippen molar-refractivity contribution in [2.24, 2.45) is 0 Å². The molecule has 0 saturated heterocycles. The fraction of sp³-hybridized carbons (Fsp3) is 0.286. The first-order valence-electron chi connectivity index (χ1n) is 13.2. The number of anilines is 1. The van der Waals surface area contributed by atoms with Gasteiger partial charge in [0.25, 0.3) is 6.01 Å². The maximum Gasteiger partial charge on any atom is 0.344 e. The van der Waals surface area contributed by atoms with Crippen molar-refractivity contribution in [3.63, 3.8) is 0 Å². The molecule has 0 aliphatic heterocycles. The molecule has 0 bridgehead atoms. The molecular formula is C28H30N2O6. The minimum absolute atomic E-state index is 0.240. The van der Waals surface area contributed by atoms with Crippen LogP contribution in [0.5, 0.6) is 17.2 Å². The van der Waals surface area contributed by atoms with Crippen molar-refractivity contribution in [1.82, 2.24) is 4.98 Å². The van der Waals surface area contributed by atoms with Gasteiger partial charge in [-0.1, -0.05) is 31.2 Å². The lowest BCUT2D eigenvalue weighted by atomic mass is 10.2. The number of methoxy groups -OCH3 is 1. The summed E-state index contributed by atoms with van der Waals surface area (Å²) >= 11 is 0. The number of carboxylic acid groups (broad SMARTS) is 1. The summed E-state index contributed by atoms with van der Waals surface area (Å²) in [6, 6.07) is 21.7. The van der Waals surface area contributed by atoms with Crippen molar-refractivity contribution in [3.05, 3.63) is 78.4 Å². The van der Waals surface area contributed by atoms with Gasteiger partial charge in [0, 0.05) is 13.1 Å². The number of nitrogens with zero attached hydrogens (tertiary/aromatic N) is 2. The number of hydrogen-bond donors (Lipinski definition) is 1. The number of aromatic nitrogens is 1. The van der Waals surface area contributed by atoms with Gasteiger partial charge in [-0.05, 0) is 66.9 Å². The predicted molar refractivity (Wildman–Crippen MR) is 137 cm³/mol. The number of para-hydroxylation sites is 2. The van der Waals surface area contributed by atoms with Gasteiger partial charge in [0.05, 0.1) is 17.8 Å². The summed E-state index contributed by atoms with van der Waals surface area (Å²) in [4.78, 5) is 18.0. The molecule has 0 radical (unpaired) electrons. The van der Waals surface area contributed by atoms with Gasteiger partial charge >= 0.3 is 5.97 Å². The molecule has 188 valence electrons. The number of oxazole rings is 1. The van der Waals surface area contributed by atoms with E-state index in [4.69, 9.17) is 22.7 Å². The zero-order valence-corrected chi connectivity index (χ0v) is 19.9. The van der Waals surface area contributed by atoms with E-state index in [0.29, 0.717) is 55.6 Å². The first-order chi connectivity index (χ1) is 18.7. The highest BCUT2D eigenvalue weighted by atomic mass is 16.5. The number of aliphatic carboxylic acids is 1. The Balaban J connectivity index is 1.43. The van der Waals surface area contributed by atoms with Crippen LogP contribution in [0.15, 0.2) is 77.2 Å². The fourth-order valence-corrected chi connectivity index (χ4v) is 3.70. The van der Waals surface area contributed by atoms with Crippen LogP contribution in [0.4, 0.5) is 6.01 Å². The summed E-state index contributed by atoms with van der Waals surface area (Å²) in [5.74, 6) is 0.309. The van der Waals surface area contributed by atoms with E-state index in [-0.39, 0.29) is 5.75 Å². The highest BCUT2D eigenvalue weighted by Crippen LogP contribution is 2.25. The molecule has 0 aliphatic rings. The Bertz CT molecular complexity index is 1340. The largest absolute Gasteiger partial charge is 0.497 e. The van der Waals surface area contributed by atoms with E-state index < -0.39 is 19.1 Å². The molecule has 0 unspecified atom stereocenters. The molecule has 4 aromatic rings. The van der Waals surface area contributed by atoms with Gasteiger partial charge in [-0.25, -0.2) is 4.79 Å². The van der Waals surface area contributed by atoms with Gasteiger partial charge in [-0.15, -0.1) is 0 Å². The lowest BCUT2D eigenvalue weighted by Gasteiger charge is -2.21. The first kappa shape index (κ1) is 21.1. The average Bonchev–Trinajstić information content (AvgIpc) is 3.33. The lowest BCUT2D eigenvalue weighted by molar-refractivity contribution is -0.145. The Morgan fingerprint density at radius 1 is 1.08 bits per heavy atom. The topological polar surface area (TPSA) is 94.3 Å². The number of hydrogen-bond acceptors (Lipinski definition) is 7. The number of carboxylic acids is 1. The fourth-order valence-electron chi connectivity index (χ4n) is 3.70. The lowest BCUT2D eigenvalue weighted by Crippen LogP contribution is -2.27. The van der Waals surface area contributed by atoms with Crippen molar-refractivity contribution < 1.29 is 32.6 Å². The standard InChI is InChI=1S/C28H30N2O6/c1-3-25(27(31)32)35-23-9-6-8-20(18-23)19-30(28-29-24-10-4-5-11-26(24)36-28)16-7-17-34-22-14-12-21(33-2)13-15-22/h4-6,8-15,18,25H,3,7,16-17,19H2,1-2H3,(H,31,32)/t25-/m1/s1/i2D3. The predicted octanol–water partition coefficient (Wildman–Crippen LogP) is 5.55. The highest BCUT2D eigenvalue weighted by Gasteiger charge is 2.18. The van der Waals surface area contributed by atoms with Gasteiger partial charge in [0.2, 0.25) is 0 Å². The van der Waals surface area contributed by atoms with Crippen LogP contribution in [0.2, 0.25) is 0 Å². The van der Waals surface area contributed by atoms with Crippen LogP contribution >= 0.6 is 0 Å². The summed E-state index contributed by atoms with van der Waals surface area (Å²) in [5.41, 5.74) is 2.33. The van der Waals surface area contributed by atoms with Crippen molar-refractivity contribution in [2.45, 2.75) is 32.4 Å². The van der Waals surface area contributed by atoms with Gasteiger partial charge in [0.15, 0.2) is 11.7 Å². The number of rotatable bonds is 13. The number of fused-ring (bicyclic) bond motifs is 1. The Hall–Kier alpha value is -4.20. The number of ether oxygens (including phenoxy) is 3. The molecule has 0 saturated carbocycles. The van der Waals surface area contributed by atoms with Crippen molar-refractivity contribution in [1.29, 1.82) is 0 Å². The van der Waals surface area contributed by atoms with E-state index in [1.807, 2.05) is 47.4 Å². The molecule has 1 atom stereocenters. The third-order valence-electron chi connectivity index (χ3n) is 5.53. The smallest absolute Gasteiger partial charge is 0.344 e. The highest BCUT2D eigenvalue weighted by molar-refractivity contribution is 5.74. The molecule has 0 fully saturated rings. The molecule has 0 aliphatic carbocycles. The van der Waals surface area contributed by atoms with Crippen LogP contribution in [-0.4, -0.2) is 42.4 Å². The molecule has 0 spiro atoms. The molecular weight excluding hydrogens is 460 g/mol. The van der Waals surface area contributed by atoms with E-state index in [0.717, 1.165) is 11.1 Å². The summed E-state index contributed by atoms with van der Waals surface area (Å²) in [6.07, 6.45) is 0.0722. The molecule has 3 aromatic carbocycles. The third-order valence-corrected chi connectivity index (χ3v) is 5.53. The van der Waals surface area contributed by atoms with Gasteiger partial charge < -0.3 is 28.6 Å². The van der Waals surface area contributed by atoms with E-state index in [9.17, 15) is 9.90 Å². The summed E-state index contributed by atoms with van der Waals surface area (Å²) in [5, 5.41) is 9.33. The maximum atomic E-state index is 11.4. The Morgan fingerprint density at radius 3 is 2.64 bits per heavy atom. The van der Waals surface area contributed by atoms with E-state index in [1.165, 1.54) is 0 Å². The van der Waals surface area contributed by atoms with Crippen LogP contribution < -0.4 is 19.1 Å². The van der Waals surface area contributed by atoms with Gasteiger partial charge in [-0.3, -0.25) is 0 Å². The second-order valence-corrected chi connectivity index (χ2v) is 8.16. The Morgan fingerprint density at radius 2 is 1.89 bits per heavy atom. The van der Waals surface area contributed by atoms with Crippen molar-refractivity contribution in [2.75, 3.05) is 25.1 Å². The van der Waals surface area contributed by atoms with Gasteiger partial charge in [0.1, 0.15) is 22.8 Å². The zero-order valence-electron chi connectivity index (χ0n) is 22.9. The first-order valence-corrected chi connectivity index (χ1v) is 11.7. The molecule has 1 N–H and O–H groups in total. The third kappa shape index (κ3) is 6.47. The molecule has 1 aromatic heterocycles. The van der Waals surface area contributed by atoms with Crippen molar-refractivity contribution in [3.8, 4) is 17.2 Å². The van der Waals surface area contributed by atoms with Crippen LogP contribution in [0, 0.1) is 0 Å². The second-order valence-electron chi connectivity index (χ2n) is 8.16. The molecule has 0 amide bonds. The van der Waals surface area contributed by atoms with Crippen molar-refractivity contribution >= 4 is 23.1 Å². The van der Waals surface area contributed by atoms with E-state index >= 15 is 0 Å². The van der Waals surface area contributed by atoms with E-state index in [1.54, 1.807) is 37.3 Å². The molecule has 4 rings (SSSR count). The summed E-state index contributed by atoms with van der Waals surface area (Å²) < 4.78 is 43.9. The Labute approximate surface area is 214 Å². The average molecular weight is 494 g/mol. The quantitative estimate of drug-likeness (QED) is 0.242. The van der Waals surface area contributed by atoms with E-state index in [2.05, 4.69) is 4.98 Å². The monoisotopic (exact) mass is 493 g/mol. The van der Waals surface area contributed by atoms with Crippen LogP contribution in [0.25, 0.3) is 11.1 Å². The van der Waals surface area contributed by atoms with Crippen LogP contribution in [0.3, 0.4) is 0 Å². The molecule has 8 nitrogen and oxygen atoms in total. The summed E-state index contributed by atoms with van der Waals surface area (Å²) in [6.45, 7) is 3.18. The minimum Gasteiger partial charge on any atom is -0.497 e. The second kappa shape index (κ2) is 12.0. The minimum atomic E-state index is -2.50. The van der Waals surface area contributed by atoms with Crippen LogP contribution in [0.1, 0.15) is 29.4 Å². The maximum absolute atomic E-state index is 11.4. The number of benzene rings is 3. The SMILES string of the molecule is [2H]C([2H])([2H])Oc1ccc(OCCCN(Cc2cccc(O[C@H](CC)C(=O)O)c2)c2nc3ccccc3o2)cc1. The summed E-state index contributed by atoms with van der Waals surface area (Å²) in [7, 11) is -2.50. The number of carbonyl (C=O) groups is 1. The molecule has 36 heavy (non-hydrogen) atoms. The molecule has 8 heteroatoms. The Kier molecular flexibility index (Phi) is 7.02.